The van der Waals surface area contributed by atoms with Gasteiger partial charge < -0.3 is 5.32 Å². The van der Waals surface area contributed by atoms with Crippen molar-refractivity contribution in [3.8, 4) is 0 Å². The molecule has 0 fully saturated rings. The largest absolute Gasteiger partial charge is 0.324 e. The third kappa shape index (κ3) is 5.45. The molecule has 0 unspecified atom stereocenters. The second-order valence-electron chi connectivity index (χ2n) is 4.43. The van der Waals surface area contributed by atoms with E-state index in [1.54, 1.807) is 24.2 Å². The van der Waals surface area contributed by atoms with Gasteiger partial charge in [0.05, 0.1) is 17.6 Å². The highest BCUT2D eigenvalue weighted by Gasteiger charge is 2.02. The third-order valence-corrected chi connectivity index (χ3v) is 3.82. The van der Waals surface area contributed by atoms with Gasteiger partial charge in [0.2, 0.25) is 5.91 Å². The molecule has 0 bridgehead atoms. The highest BCUT2D eigenvalue weighted by Crippen LogP contribution is 2.09. The van der Waals surface area contributed by atoms with Gasteiger partial charge in [-0.2, -0.15) is 11.8 Å². The summed E-state index contributed by atoms with van der Waals surface area (Å²) < 4.78 is 0. The Balaban J connectivity index is 1.58. The summed E-state index contributed by atoms with van der Waals surface area (Å²) in [5.41, 5.74) is 2.11. The minimum absolute atomic E-state index is 0.0303. The van der Waals surface area contributed by atoms with E-state index < -0.39 is 0 Å². The summed E-state index contributed by atoms with van der Waals surface area (Å²) in [5.74, 6) is 1.52. The van der Waals surface area contributed by atoms with Crippen LogP contribution in [0, 0.1) is 0 Å². The molecule has 0 saturated heterocycles. The minimum atomic E-state index is 0.0303. The van der Waals surface area contributed by atoms with Crippen LogP contribution in [-0.2, 0) is 11.2 Å². The number of hydrogen-bond acceptors (Lipinski definition) is 3. The number of benzene rings is 1. The van der Waals surface area contributed by atoms with Crippen LogP contribution in [0.5, 0.6) is 0 Å². The van der Waals surface area contributed by atoms with Gasteiger partial charge >= 0.3 is 0 Å². The Bertz CT molecular complexity index is 517. The standard InChI is InChI=1S/C16H18N2OS/c19-16(18-15-9-4-10-17-12-15)13-20-11-5-8-14-6-2-1-3-7-14/h1-4,6-7,9-10,12H,5,8,11,13H2,(H,18,19). The Hall–Kier alpha value is -1.81. The van der Waals surface area contributed by atoms with Gasteiger partial charge in [-0.1, -0.05) is 30.3 Å². The molecular formula is C16H18N2OS. The SMILES string of the molecule is O=C(CSCCCc1ccccc1)Nc1cccnc1. The van der Waals surface area contributed by atoms with Crippen LogP contribution in [0.2, 0.25) is 0 Å². The molecule has 0 aliphatic carbocycles. The number of nitrogens with zero attached hydrogens (tertiary/aromatic N) is 1. The molecule has 4 heteroatoms. The number of carbonyl (C=O) groups is 1. The van der Waals surface area contributed by atoms with Crippen molar-refractivity contribution in [3.05, 3.63) is 60.4 Å². The number of carbonyl (C=O) groups excluding carboxylic acids is 1. The Labute approximate surface area is 123 Å². The van der Waals surface area contributed by atoms with Crippen molar-refractivity contribution in [2.45, 2.75) is 12.8 Å². The van der Waals surface area contributed by atoms with Gasteiger partial charge in [0.1, 0.15) is 0 Å². The maximum absolute atomic E-state index is 11.7. The van der Waals surface area contributed by atoms with E-state index >= 15 is 0 Å². The molecule has 0 spiro atoms. The molecule has 0 saturated carbocycles. The van der Waals surface area contributed by atoms with Crippen molar-refractivity contribution in [1.82, 2.24) is 4.98 Å². The van der Waals surface area contributed by atoms with E-state index in [9.17, 15) is 4.79 Å². The van der Waals surface area contributed by atoms with Crippen molar-refractivity contribution in [2.24, 2.45) is 0 Å². The van der Waals surface area contributed by atoms with Crippen LogP contribution in [0.4, 0.5) is 5.69 Å². The lowest BCUT2D eigenvalue weighted by Gasteiger charge is -2.04. The molecule has 0 atom stereocenters. The Kier molecular flexibility index (Phi) is 6.11. The number of aryl methyl sites for hydroxylation is 1. The first-order valence-corrected chi connectivity index (χ1v) is 7.81. The van der Waals surface area contributed by atoms with Gasteiger partial charge in [0.15, 0.2) is 0 Å². The second kappa shape index (κ2) is 8.38. The molecule has 3 nitrogen and oxygen atoms in total. The molecule has 2 aromatic rings. The molecule has 1 N–H and O–H groups in total. The lowest BCUT2D eigenvalue weighted by Crippen LogP contribution is -2.14. The zero-order chi connectivity index (χ0) is 14.0. The number of thioether (sulfide) groups is 1. The smallest absolute Gasteiger partial charge is 0.234 e. The van der Waals surface area contributed by atoms with Crippen molar-refractivity contribution in [2.75, 3.05) is 16.8 Å². The number of rotatable bonds is 7. The molecule has 20 heavy (non-hydrogen) atoms. The van der Waals surface area contributed by atoms with Crippen molar-refractivity contribution >= 4 is 23.4 Å². The number of anilines is 1. The van der Waals surface area contributed by atoms with Gasteiger partial charge in [0.25, 0.3) is 0 Å². The summed E-state index contributed by atoms with van der Waals surface area (Å²) in [6.45, 7) is 0. The van der Waals surface area contributed by atoms with E-state index in [0.717, 1.165) is 24.3 Å². The van der Waals surface area contributed by atoms with Gasteiger partial charge in [-0.15, -0.1) is 0 Å². The molecule has 1 amide bonds. The monoisotopic (exact) mass is 286 g/mol. The van der Waals surface area contributed by atoms with Gasteiger partial charge in [-0.05, 0) is 36.3 Å². The Morgan fingerprint density at radius 1 is 1.15 bits per heavy atom. The molecule has 0 aliphatic heterocycles. The lowest BCUT2D eigenvalue weighted by atomic mass is 10.1. The van der Waals surface area contributed by atoms with Crippen molar-refractivity contribution in [1.29, 1.82) is 0 Å². The molecule has 0 aliphatic rings. The first kappa shape index (κ1) is 14.6. The zero-order valence-electron chi connectivity index (χ0n) is 11.3. The summed E-state index contributed by atoms with van der Waals surface area (Å²) in [6.07, 6.45) is 5.50. The predicted molar refractivity (Wildman–Crippen MR) is 85.0 cm³/mol. The van der Waals surface area contributed by atoms with Crippen LogP contribution >= 0.6 is 11.8 Å². The number of aromatic nitrogens is 1. The van der Waals surface area contributed by atoms with E-state index in [4.69, 9.17) is 0 Å². The Morgan fingerprint density at radius 2 is 2.00 bits per heavy atom. The van der Waals surface area contributed by atoms with E-state index in [-0.39, 0.29) is 5.91 Å². The van der Waals surface area contributed by atoms with Crippen molar-refractivity contribution < 1.29 is 4.79 Å². The maximum atomic E-state index is 11.7. The number of amides is 1. The summed E-state index contributed by atoms with van der Waals surface area (Å²) in [6, 6.07) is 14.1. The second-order valence-corrected chi connectivity index (χ2v) is 5.54. The van der Waals surface area contributed by atoms with E-state index in [1.807, 2.05) is 18.2 Å². The van der Waals surface area contributed by atoms with E-state index in [1.165, 1.54) is 5.56 Å². The van der Waals surface area contributed by atoms with Gasteiger partial charge in [-0.3, -0.25) is 9.78 Å². The zero-order valence-corrected chi connectivity index (χ0v) is 12.1. The van der Waals surface area contributed by atoms with Crippen LogP contribution in [0.1, 0.15) is 12.0 Å². The average Bonchev–Trinajstić information content (AvgIpc) is 2.49. The van der Waals surface area contributed by atoms with E-state index in [0.29, 0.717) is 5.75 Å². The van der Waals surface area contributed by atoms with Gasteiger partial charge in [-0.25, -0.2) is 0 Å². The maximum Gasteiger partial charge on any atom is 0.234 e. The molecule has 1 aromatic carbocycles. The molecule has 104 valence electrons. The average molecular weight is 286 g/mol. The van der Waals surface area contributed by atoms with Crippen molar-refractivity contribution in [3.63, 3.8) is 0 Å². The molecule has 1 heterocycles. The normalized spacial score (nSPS) is 10.2. The topological polar surface area (TPSA) is 42.0 Å². The summed E-state index contributed by atoms with van der Waals surface area (Å²) >= 11 is 1.67. The molecule has 2 rings (SSSR count). The minimum Gasteiger partial charge on any atom is -0.324 e. The fourth-order valence-electron chi connectivity index (χ4n) is 1.82. The van der Waals surface area contributed by atoms with Crippen LogP contribution < -0.4 is 5.32 Å². The summed E-state index contributed by atoms with van der Waals surface area (Å²) in [7, 11) is 0. The van der Waals surface area contributed by atoms with Crippen LogP contribution in [0.3, 0.4) is 0 Å². The molecule has 0 radical (unpaired) electrons. The summed E-state index contributed by atoms with van der Waals surface area (Å²) in [5, 5.41) is 2.83. The molecule has 1 aromatic heterocycles. The quantitative estimate of drug-likeness (QED) is 0.793. The van der Waals surface area contributed by atoms with Crippen LogP contribution in [-0.4, -0.2) is 22.4 Å². The fraction of sp³-hybridized carbons (Fsp3) is 0.250. The first-order valence-electron chi connectivity index (χ1n) is 6.66. The predicted octanol–water partition coefficient (Wildman–Crippen LogP) is 3.39. The third-order valence-electron chi connectivity index (χ3n) is 2.78. The number of nitrogens with one attached hydrogen (secondary N) is 1. The van der Waals surface area contributed by atoms with E-state index in [2.05, 4.69) is 34.6 Å². The van der Waals surface area contributed by atoms with Gasteiger partial charge in [0, 0.05) is 6.20 Å². The van der Waals surface area contributed by atoms with Crippen LogP contribution in [0.25, 0.3) is 0 Å². The molecular weight excluding hydrogens is 268 g/mol. The highest BCUT2D eigenvalue weighted by atomic mass is 32.2. The lowest BCUT2D eigenvalue weighted by molar-refractivity contribution is -0.113. The number of hydrogen-bond donors (Lipinski definition) is 1. The summed E-state index contributed by atoms with van der Waals surface area (Å²) in [4.78, 5) is 15.6. The fourth-order valence-corrected chi connectivity index (χ4v) is 2.57. The first-order chi connectivity index (χ1) is 9.84. The Morgan fingerprint density at radius 3 is 2.75 bits per heavy atom. The van der Waals surface area contributed by atoms with Crippen LogP contribution in [0.15, 0.2) is 54.9 Å². The number of pyridine rings is 1. The highest BCUT2D eigenvalue weighted by molar-refractivity contribution is 7.99.